The van der Waals surface area contributed by atoms with Crippen molar-refractivity contribution >= 4 is 11.6 Å². The van der Waals surface area contributed by atoms with Crippen LogP contribution in [0, 0.1) is 5.41 Å². The molecule has 116 valence electrons. The van der Waals surface area contributed by atoms with Crippen LogP contribution in [0.2, 0.25) is 0 Å². The van der Waals surface area contributed by atoms with Crippen LogP contribution < -0.4 is 4.90 Å². The minimum atomic E-state index is -0.255. The summed E-state index contributed by atoms with van der Waals surface area (Å²) >= 11 is 0. The van der Waals surface area contributed by atoms with E-state index < -0.39 is 0 Å². The minimum Gasteiger partial charge on any atom is -0.391 e. The van der Waals surface area contributed by atoms with Gasteiger partial charge in [-0.05, 0) is 12.8 Å². The quantitative estimate of drug-likeness (QED) is 0.781. The van der Waals surface area contributed by atoms with Crippen LogP contribution in [0.5, 0.6) is 0 Å². The summed E-state index contributed by atoms with van der Waals surface area (Å²) in [5.74, 6) is 1.54. The molecule has 1 spiro atoms. The summed E-state index contributed by atoms with van der Waals surface area (Å²) in [7, 11) is 0. The van der Waals surface area contributed by atoms with Crippen molar-refractivity contribution in [2.75, 3.05) is 18.0 Å². The SMILES string of the molecule is OC1CN(c2cc(-c3ccccc3)nc3ncnn23)CC12CC2. The number of aliphatic hydroxyl groups is 1. The molecule has 2 aliphatic rings. The molecular formula is C17H17N5O. The number of hydrogen-bond donors (Lipinski definition) is 1. The molecule has 6 nitrogen and oxygen atoms in total. The van der Waals surface area contributed by atoms with E-state index in [1.165, 1.54) is 6.33 Å². The van der Waals surface area contributed by atoms with Crippen molar-refractivity contribution in [3.05, 3.63) is 42.7 Å². The van der Waals surface area contributed by atoms with Crippen LogP contribution in [-0.4, -0.2) is 43.9 Å². The minimum absolute atomic E-state index is 0.100. The molecule has 6 heteroatoms. The van der Waals surface area contributed by atoms with E-state index in [1.54, 1.807) is 4.52 Å². The predicted molar refractivity (Wildman–Crippen MR) is 86.1 cm³/mol. The Kier molecular flexibility index (Phi) is 2.56. The second kappa shape index (κ2) is 4.52. The Balaban J connectivity index is 1.64. The lowest BCUT2D eigenvalue weighted by Crippen LogP contribution is -2.24. The molecule has 0 radical (unpaired) electrons. The van der Waals surface area contributed by atoms with Gasteiger partial charge in [0.1, 0.15) is 12.1 Å². The number of aliphatic hydroxyl groups excluding tert-OH is 1. The van der Waals surface area contributed by atoms with Gasteiger partial charge in [0.25, 0.3) is 5.78 Å². The van der Waals surface area contributed by atoms with Crippen LogP contribution >= 0.6 is 0 Å². The Bertz CT molecular complexity index is 871. The second-order valence-corrected chi connectivity index (χ2v) is 6.60. The maximum absolute atomic E-state index is 10.4. The largest absolute Gasteiger partial charge is 0.391 e. The Labute approximate surface area is 133 Å². The Hall–Kier alpha value is -2.47. The van der Waals surface area contributed by atoms with Crippen LogP contribution in [0.25, 0.3) is 17.0 Å². The zero-order valence-electron chi connectivity index (χ0n) is 12.6. The second-order valence-electron chi connectivity index (χ2n) is 6.60. The molecule has 1 saturated heterocycles. The highest BCUT2D eigenvalue weighted by Gasteiger charge is 2.55. The smallest absolute Gasteiger partial charge is 0.254 e. The average Bonchev–Trinajstić information content (AvgIpc) is 3.08. The third-order valence-corrected chi connectivity index (χ3v) is 5.12. The number of aromatic nitrogens is 4. The van der Waals surface area contributed by atoms with E-state index in [2.05, 4.69) is 20.0 Å². The molecule has 5 rings (SSSR count). The molecule has 23 heavy (non-hydrogen) atoms. The van der Waals surface area contributed by atoms with Gasteiger partial charge in [-0.1, -0.05) is 30.3 Å². The number of hydrogen-bond acceptors (Lipinski definition) is 5. The van der Waals surface area contributed by atoms with E-state index in [9.17, 15) is 5.11 Å². The van der Waals surface area contributed by atoms with Crippen LogP contribution in [0.15, 0.2) is 42.7 Å². The molecule has 1 saturated carbocycles. The lowest BCUT2D eigenvalue weighted by atomic mass is 10.0. The molecule has 1 N–H and O–H groups in total. The normalized spacial score (nSPS) is 22.1. The number of nitrogens with zero attached hydrogens (tertiary/aromatic N) is 5. The van der Waals surface area contributed by atoms with E-state index in [0.29, 0.717) is 12.3 Å². The zero-order chi connectivity index (χ0) is 15.4. The number of fused-ring (bicyclic) bond motifs is 1. The maximum Gasteiger partial charge on any atom is 0.254 e. The van der Waals surface area contributed by atoms with E-state index in [4.69, 9.17) is 0 Å². The van der Waals surface area contributed by atoms with Crippen LogP contribution in [-0.2, 0) is 0 Å². The maximum atomic E-state index is 10.4. The number of β-amino-alcohol motifs (C(OH)–C–C–N with tert-alkyl or cyclic N) is 1. The van der Waals surface area contributed by atoms with Gasteiger partial charge in [0, 0.05) is 30.1 Å². The standard InChI is InChI=1S/C17H17N5O/c23-14-9-21(10-17(14)6-7-17)15-8-13(12-4-2-1-3-5-12)20-16-18-11-19-22(15)16/h1-5,8,11,14,23H,6-7,9-10H2. The van der Waals surface area contributed by atoms with Gasteiger partial charge in [0.2, 0.25) is 0 Å². The molecule has 1 aliphatic carbocycles. The Morgan fingerprint density at radius 1 is 1.17 bits per heavy atom. The highest BCUT2D eigenvalue weighted by Crippen LogP contribution is 2.53. The van der Waals surface area contributed by atoms with Crippen molar-refractivity contribution in [1.82, 2.24) is 19.6 Å². The van der Waals surface area contributed by atoms with Crippen molar-refractivity contribution in [3.8, 4) is 11.3 Å². The topological polar surface area (TPSA) is 66.5 Å². The van der Waals surface area contributed by atoms with Gasteiger partial charge in [-0.15, -0.1) is 0 Å². The van der Waals surface area contributed by atoms with Gasteiger partial charge in [-0.25, -0.2) is 4.98 Å². The summed E-state index contributed by atoms with van der Waals surface area (Å²) in [6, 6.07) is 12.1. The summed E-state index contributed by atoms with van der Waals surface area (Å²) in [6.45, 7) is 1.52. The van der Waals surface area contributed by atoms with Crippen molar-refractivity contribution in [1.29, 1.82) is 0 Å². The molecule has 1 atom stereocenters. The molecule has 0 amide bonds. The molecule has 1 aromatic carbocycles. The summed E-state index contributed by atoms with van der Waals surface area (Å²) in [5.41, 5.74) is 2.04. The molecular weight excluding hydrogens is 290 g/mol. The van der Waals surface area contributed by atoms with E-state index in [0.717, 1.165) is 36.5 Å². The first kappa shape index (κ1) is 13.0. The molecule has 1 aliphatic heterocycles. The fourth-order valence-electron chi connectivity index (χ4n) is 3.56. The summed E-state index contributed by atoms with van der Waals surface area (Å²) in [5, 5.41) is 14.7. The van der Waals surface area contributed by atoms with Crippen molar-refractivity contribution in [2.45, 2.75) is 18.9 Å². The van der Waals surface area contributed by atoms with Crippen LogP contribution in [0.1, 0.15) is 12.8 Å². The summed E-state index contributed by atoms with van der Waals surface area (Å²) in [6.07, 6.45) is 3.50. The van der Waals surface area contributed by atoms with Gasteiger partial charge in [0.05, 0.1) is 11.8 Å². The lowest BCUT2D eigenvalue weighted by Gasteiger charge is -2.19. The number of rotatable bonds is 2. The Morgan fingerprint density at radius 3 is 2.74 bits per heavy atom. The van der Waals surface area contributed by atoms with E-state index >= 15 is 0 Å². The first-order valence-corrected chi connectivity index (χ1v) is 7.94. The highest BCUT2D eigenvalue weighted by atomic mass is 16.3. The summed E-state index contributed by atoms with van der Waals surface area (Å²) < 4.78 is 1.76. The van der Waals surface area contributed by atoms with Crippen molar-refractivity contribution < 1.29 is 5.11 Å². The van der Waals surface area contributed by atoms with Gasteiger partial charge in [0.15, 0.2) is 0 Å². The lowest BCUT2D eigenvalue weighted by molar-refractivity contribution is 0.136. The third kappa shape index (κ3) is 1.95. The molecule has 3 aromatic rings. The van der Waals surface area contributed by atoms with Crippen LogP contribution in [0.3, 0.4) is 0 Å². The molecule has 2 fully saturated rings. The van der Waals surface area contributed by atoms with Gasteiger partial charge in [-0.2, -0.15) is 14.6 Å². The fraction of sp³-hybridized carbons (Fsp3) is 0.353. The van der Waals surface area contributed by atoms with Gasteiger partial charge < -0.3 is 10.0 Å². The predicted octanol–water partition coefficient (Wildman–Crippen LogP) is 1.75. The first-order chi connectivity index (χ1) is 11.3. The highest BCUT2D eigenvalue weighted by molar-refractivity contribution is 5.66. The average molecular weight is 307 g/mol. The monoisotopic (exact) mass is 307 g/mol. The molecule has 0 bridgehead atoms. The Morgan fingerprint density at radius 2 is 2.00 bits per heavy atom. The van der Waals surface area contributed by atoms with Crippen molar-refractivity contribution in [3.63, 3.8) is 0 Å². The molecule has 2 aromatic heterocycles. The number of anilines is 1. The third-order valence-electron chi connectivity index (χ3n) is 5.12. The molecule has 3 heterocycles. The molecule has 1 unspecified atom stereocenters. The zero-order valence-corrected chi connectivity index (χ0v) is 12.6. The van der Waals surface area contributed by atoms with Crippen molar-refractivity contribution in [2.24, 2.45) is 5.41 Å². The van der Waals surface area contributed by atoms with Gasteiger partial charge in [-0.3, -0.25) is 0 Å². The summed E-state index contributed by atoms with van der Waals surface area (Å²) in [4.78, 5) is 11.1. The number of benzene rings is 1. The van der Waals surface area contributed by atoms with E-state index in [-0.39, 0.29) is 11.5 Å². The van der Waals surface area contributed by atoms with Gasteiger partial charge >= 0.3 is 0 Å². The first-order valence-electron chi connectivity index (χ1n) is 7.94. The fourth-order valence-corrected chi connectivity index (χ4v) is 3.56. The van der Waals surface area contributed by atoms with E-state index in [1.807, 2.05) is 36.4 Å². The van der Waals surface area contributed by atoms with Crippen LogP contribution in [0.4, 0.5) is 5.82 Å².